The van der Waals surface area contributed by atoms with Crippen molar-refractivity contribution in [3.63, 3.8) is 0 Å². The van der Waals surface area contributed by atoms with E-state index in [2.05, 4.69) is 33.8 Å². The summed E-state index contributed by atoms with van der Waals surface area (Å²) in [5.41, 5.74) is 2.53. The smallest absolute Gasteiger partial charge is 0.0259 e. The van der Waals surface area contributed by atoms with E-state index in [0.717, 1.165) is 11.3 Å². The van der Waals surface area contributed by atoms with E-state index in [0.29, 0.717) is 0 Å². The molecule has 0 nitrogen and oxygen atoms in total. The van der Waals surface area contributed by atoms with Crippen LogP contribution in [0.2, 0.25) is 0 Å². The van der Waals surface area contributed by atoms with Gasteiger partial charge in [-0.2, -0.15) is 0 Å². The molecule has 0 aromatic rings. The van der Waals surface area contributed by atoms with Crippen LogP contribution < -0.4 is 0 Å². The summed E-state index contributed by atoms with van der Waals surface area (Å²) < 4.78 is 0. The van der Waals surface area contributed by atoms with Gasteiger partial charge in [-0.05, 0) is 43.4 Å². The minimum atomic E-state index is 0.797. The summed E-state index contributed by atoms with van der Waals surface area (Å²) in [5, 5.41) is 0. The first-order valence-electron chi connectivity index (χ1n) is 6.32. The van der Waals surface area contributed by atoms with Crippen molar-refractivity contribution in [2.75, 3.05) is 0 Å². The predicted octanol–water partition coefficient (Wildman–Crippen LogP) is 4.95. The van der Waals surface area contributed by atoms with Gasteiger partial charge in [-0.15, -0.1) is 0 Å². The first-order chi connectivity index (χ1) is 6.63. The summed E-state index contributed by atoms with van der Waals surface area (Å²) in [6.45, 7) is 8.88. The fraction of sp³-hybridized carbons (Fsp3) is 0.857. The second-order valence-corrected chi connectivity index (χ2v) is 5.34. The fourth-order valence-corrected chi connectivity index (χ4v) is 2.12. The molecule has 1 fully saturated rings. The predicted molar refractivity (Wildman–Crippen MR) is 64.4 cm³/mol. The lowest BCUT2D eigenvalue weighted by atomic mass is 9.83. The maximum Gasteiger partial charge on any atom is -0.0259 e. The van der Waals surface area contributed by atoms with E-state index in [1.165, 1.54) is 38.5 Å². The summed E-state index contributed by atoms with van der Waals surface area (Å²) in [4.78, 5) is 0. The topological polar surface area (TPSA) is 0 Å². The Morgan fingerprint density at radius 1 is 1.21 bits per heavy atom. The lowest BCUT2D eigenvalue weighted by molar-refractivity contribution is 0.434. The highest BCUT2D eigenvalue weighted by Gasteiger charge is 2.42. The highest BCUT2D eigenvalue weighted by Crippen LogP contribution is 2.55. The molecule has 0 unspecified atom stereocenters. The Labute approximate surface area is 89.8 Å². The molecule has 82 valence electrons. The minimum Gasteiger partial charge on any atom is -0.0845 e. The molecule has 2 aliphatic carbocycles. The molecule has 0 aromatic heterocycles. The molecule has 2 aliphatic rings. The molecule has 0 heterocycles. The van der Waals surface area contributed by atoms with E-state index in [1.54, 1.807) is 5.57 Å². The SMILES string of the molecule is CC(C)C1=CCC2(CC1)CC2.CCC. The van der Waals surface area contributed by atoms with E-state index in [9.17, 15) is 0 Å². The summed E-state index contributed by atoms with van der Waals surface area (Å²) >= 11 is 0. The zero-order valence-corrected chi connectivity index (χ0v) is 10.4. The zero-order chi connectivity index (χ0) is 10.6. The normalized spacial score (nSPS) is 22.8. The van der Waals surface area contributed by atoms with Crippen molar-refractivity contribution in [2.45, 2.75) is 66.2 Å². The molecule has 14 heavy (non-hydrogen) atoms. The third-order valence-corrected chi connectivity index (χ3v) is 3.44. The van der Waals surface area contributed by atoms with Crippen LogP contribution in [-0.2, 0) is 0 Å². The largest absolute Gasteiger partial charge is 0.0845 e. The molecule has 0 radical (unpaired) electrons. The molecule has 0 aromatic carbocycles. The molecular formula is C14H26. The quantitative estimate of drug-likeness (QED) is 0.518. The molecule has 2 rings (SSSR count). The van der Waals surface area contributed by atoms with Crippen LogP contribution in [0, 0.1) is 11.3 Å². The van der Waals surface area contributed by atoms with Crippen LogP contribution >= 0.6 is 0 Å². The molecule has 0 atom stereocenters. The molecule has 0 saturated heterocycles. The summed E-state index contributed by atoms with van der Waals surface area (Å²) in [7, 11) is 0. The number of allylic oxidation sites excluding steroid dienone is 2. The molecule has 0 aliphatic heterocycles. The van der Waals surface area contributed by atoms with Crippen molar-refractivity contribution in [2.24, 2.45) is 11.3 Å². The number of hydrogen-bond acceptors (Lipinski definition) is 0. The average molecular weight is 194 g/mol. The van der Waals surface area contributed by atoms with Gasteiger partial charge in [0.25, 0.3) is 0 Å². The first-order valence-corrected chi connectivity index (χ1v) is 6.32. The van der Waals surface area contributed by atoms with Crippen LogP contribution in [0.4, 0.5) is 0 Å². The lowest BCUT2D eigenvalue weighted by Crippen LogP contribution is -2.08. The van der Waals surface area contributed by atoms with Gasteiger partial charge in [0.15, 0.2) is 0 Å². The van der Waals surface area contributed by atoms with Gasteiger partial charge in [0.1, 0.15) is 0 Å². The Hall–Kier alpha value is -0.260. The van der Waals surface area contributed by atoms with Gasteiger partial charge in [0.05, 0.1) is 0 Å². The summed E-state index contributed by atoms with van der Waals surface area (Å²) in [6.07, 6.45) is 11.0. The Morgan fingerprint density at radius 2 is 1.79 bits per heavy atom. The minimum absolute atomic E-state index is 0.797. The van der Waals surface area contributed by atoms with Crippen LogP contribution in [0.25, 0.3) is 0 Å². The monoisotopic (exact) mass is 194 g/mol. The molecule has 0 heteroatoms. The molecular weight excluding hydrogens is 168 g/mol. The van der Waals surface area contributed by atoms with Crippen LogP contribution in [0.3, 0.4) is 0 Å². The van der Waals surface area contributed by atoms with E-state index in [1.807, 2.05) is 0 Å². The van der Waals surface area contributed by atoms with Gasteiger partial charge >= 0.3 is 0 Å². The zero-order valence-electron chi connectivity index (χ0n) is 10.4. The number of hydrogen-bond donors (Lipinski definition) is 0. The van der Waals surface area contributed by atoms with Crippen molar-refractivity contribution < 1.29 is 0 Å². The number of rotatable bonds is 1. The van der Waals surface area contributed by atoms with Crippen molar-refractivity contribution in [3.05, 3.63) is 11.6 Å². The van der Waals surface area contributed by atoms with E-state index < -0.39 is 0 Å². The Bertz CT molecular complexity index is 194. The van der Waals surface area contributed by atoms with Crippen LogP contribution in [-0.4, -0.2) is 0 Å². The van der Waals surface area contributed by atoms with Gasteiger partial charge in [-0.1, -0.05) is 45.8 Å². The third-order valence-electron chi connectivity index (χ3n) is 3.44. The fourth-order valence-electron chi connectivity index (χ4n) is 2.12. The van der Waals surface area contributed by atoms with Crippen LogP contribution in [0.1, 0.15) is 66.2 Å². The second-order valence-electron chi connectivity index (χ2n) is 5.34. The third kappa shape index (κ3) is 3.15. The van der Waals surface area contributed by atoms with E-state index in [4.69, 9.17) is 0 Å². The lowest BCUT2D eigenvalue weighted by Gasteiger charge is -2.22. The maximum absolute atomic E-state index is 2.52. The second kappa shape index (κ2) is 5.00. The Morgan fingerprint density at radius 3 is 2.07 bits per heavy atom. The van der Waals surface area contributed by atoms with Crippen molar-refractivity contribution in [1.82, 2.24) is 0 Å². The maximum atomic E-state index is 2.52. The Kier molecular flexibility index (Phi) is 4.22. The van der Waals surface area contributed by atoms with Crippen LogP contribution in [0.5, 0.6) is 0 Å². The molecule has 0 N–H and O–H groups in total. The highest BCUT2D eigenvalue weighted by molar-refractivity contribution is 5.15. The first kappa shape index (κ1) is 11.8. The van der Waals surface area contributed by atoms with Crippen molar-refractivity contribution in [3.8, 4) is 0 Å². The van der Waals surface area contributed by atoms with E-state index >= 15 is 0 Å². The summed E-state index contributed by atoms with van der Waals surface area (Å²) in [5.74, 6) is 0.797. The molecule has 0 bridgehead atoms. The van der Waals surface area contributed by atoms with Gasteiger partial charge < -0.3 is 0 Å². The molecule has 1 spiro atoms. The molecule has 1 saturated carbocycles. The van der Waals surface area contributed by atoms with Crippen molar-refractivity contribution >= 4 is 0 Å². The molecule has 0 amide bonds. The van der Waals surface area contributed by atoms with E-state index in [-0.39, 0.29) is 0 Å². The summed E-state index contributed by atoms with van der Waals surface area (Å²) in [6, 6.07) is 0. The van der Waals surface area contributed by atoms with Gasteiger partial charge in [-0.3, -0.25) is 0 Å². The van der Waals surface area contributed by atoms with Crippen molar-refractivity contribution in [1.29, 1.82) is 0 Å². The average Bonchev–Trinajstić information content (AvgIpc) is 2.87. The van der Waals surface area contributed by atoms with Gasteiger partial charge in [-0.25, -0.2) is 0 Å². The highest BCUT2D eigenvalue weighted by atomic mass is 14.5. The van der Waals surface area contributed by atoms with Gasteiger partial charge in [0, 0.05) is 0 Å². The standard InChI is InChI=1S/C11H18.C3H8/c1-9(2)10-3-5-11(6-4-10)7-8-11;1-3-2/h3,9H,4-8H2,1-2H3;3H2,1-2H3. The van der Waals surface area contributed by atoms with Gasteiger partial charge in [0.2, 0.25) is 0 Å². The van der Waals surface area contributed by atoms with Crippen LogP contribution in [0.15, 0.2) is 11.6 Å². The Balaban J connectivity index is 0.000000293.